The third kappa shape index (κ3) is 5.96. The number of halogens is 4. The lowest BCUT2D eigenvalue weighted by molar-refractivity contribution is -0.138. The van der Waals surface area contributed by atoms with E-state index < -0.39 is 17.7 Å². The first-order chi connectivity index (χ1) is 14.2. The molecule has 1 aromatic heterocycles. The van der Waals surface area contributed by atoms with Gasteiger partial charge in [-0.3, -0.25) is 0 Å². The SMILES string of the molecule is CC=C(C(=O)OC)N(C)c1cccc(CC=NOc2ncc(C(F)(F)F)cc2Cl)c1. The maximum atomic E-state index is 12.6. The Kier molecular flexibility index (Phi) is 7.82. The van der Waals surface area contributed by atoms with Crippen LogP contribution in [0.2, 0.25) is 5.02 Å². The van der Waals surface area contributed by atoms with Gasteiger partial charge in [0.2, 0.25) is 0 Å². The van der Waals surface area contributed by atoms with E-state index in [0.29, 0.717) is 18.3 Å². The van der Waals surface area contributed by atoms with Gasteiger partial charge in [0.1, 0.15) is 10.7 Å². The lowest BCUT2D eigenvalue weighted by Crippen LogP contribution is -2.24. The van der Waals surface area contributed by atoms with E-state index in [1.807, 2.05) is 24.3 Å². The topological polar surface area (TPSA) is 64.0 Å². The van der Waals surface area contributed by atoms with E-state index in [1.54, 1.807) is 24.9 Å². The Bertz CT molecular complexity index is 962. The summed E-state index contributed by atoms with van der Waals surface area (Å²) in [5.41, 5.74) is 1.03. The molecule has 0 aliphatic carbocycles. The first-order valence-electron chi connectivity index (χ1n) is 8.66. The molecule has 0 radical (unpaired) electrons. The van der Waals surface area contributed by atoms with Gasteiger partial charge in [0.05, 0.1) is 12.7 Å². The molecule has 0 spiro atoms. The normalized spacial score (nSPS) is 12.2. The summed E-state index contributed by atoms with van der Waals surface area (Å²) in [6.45, 7) is 1.73. The predicted octanol–water partition coefficient (Wildman–Crippen LogP) is 4.87. The number of carbonyl (C=O) groups is 1. The Hall–Kier alpha value is -3.07. The number of alkyl halides is 3. The summed E-state index contributed by atoms with van der Waals surface area (Å²) >= 11 is 5.76. The van der Waals surface area contributed by atoms with Crippen molar-refractivity contribution in [1.82, 2.24) is 4.98 Å². The summed E-state index contributed by atoms with van der Waals surface area (Å²) in [5, 5.41) is 3.41. The highest BCUT2D eigenvalue weighted by Gasteiger charge is 2.31. The third-order valence-electron chi connectivity index (χ3n) is 4.00. The van der Waals surface area contributed by atoms with Crippen LogP contribution < -0.4 is 9.74 Å². The van der Waals surface area contributed by atoms with E-state index in [2.05, 4.69) is 10.1 Å². The molecule has 0 N–H and O–H groups in total. The van der Waals surface area contributed by atoms with Gasteiger partial charge in [-0.15, -0.1) is 0 Å². The van der Waals surface area contributed by atoms with Crippen LogP contribution in [-0.4, -0.2) is 31.3 Å². The van der Waals surface area contributed by atoms with Gasteiger partial charge in [-0.2, -0.15) is 13.2 Å². The Morgan fingerprint density at radius 2 is 2.07 bits per heavy atom. The average Bonchev–Trinajstić information content (AvgIpc) is 2.71. The second-order valence-corrected chi connectivity index (χ2v) is 6.39. The zero-order chi connectivity index (χ0) is 22.3. The Balaban J connectivity index is 2.04. The average molecular weight is 442 g/mol. The van der Waals surface area contributed by atoms with Crippen molar-refractivity contribution in [3.05, 3.63) is 64.5 Å². The highest BCUT2D eigenvalue weighted by molar-refractivity contribution is 6.31. The van der Waals surface area contributed by atoms with Crippen LogP contribution in [0.4, 0.5) is 18.9 Å². The van der Waals surface area contributed by atoms with Gasteiger partial charge >= 0.3 is 12.1 Å². The summed E-state index contributed by atoms with van der Waals surface area (Å²) < 4.78 is 42.6. The number of aromatic nitrogens is 1. The molecule has 160 valence electrons. The van der Waals surface area contributed by atoms with Gasteiger partial charge in [0, 0.05) is 31.6 Å². The standard InChI is InChI=1S/C20H19ClF3N3O3/c1-4-17(19(28)29-3)27(2)15-7-5-6-13(10-15)8-9-26-30-18-16(21)11-14(12-25-18)20(22,23)24/h4-7,9-12H,8H2,1-3H3. The lowest BCUT2D eigenvalue weighted by Gasteiger charge is -2.21. The quantitative estimate of drug-likeness (QED) is 0.265. The van der Waals surface area contributed by atoms with Crippen LogP contribution in [-0.2, 0) is 22.1 Å². The van der Waals surface area contributed by atoms with Gasteiger partial charge in [-0.1, -0.05) is 35.0 Å². The maximum absolute atomic E-state index is 12.6. The largest absolute Gasteiger partial charge is 0.464 e. The molecule has 10 heteroatoms. The van der Waals surface area contributed by atoms with E-state index >= 15 is 0 Å². The molecule has 0 saturated carbocycles. The van der Waals surface area contributed by atoms with Crippen molar-refractivity contribution >= 4 is 29.5 Å². The number of pyridine rings is 1. The molecule has 0 saturated heterocycles. The molecule has 6 nitrogen and oxygen atoms in total. The molecule has 2 aromatic rings. The number of carbonyl (C=O) groups excluding carboxylic acids is 1. The molecule has 1 aromatic carbocycles. The number of nitrogens with zero attached hydrogens (tertiary/aromatic N) is 3. The summed E-state index contributed by atoms with van der Waals surface area (Å²) in [6, 6.07) is 8.06. The number of likely N-dealkylation sites (N-methyl/N-ethyl adjacent to an activating group) is 1. The second-order valence-electron chi connectivity index (χ2n) is 5.99. The predicted molar refractivity (Wildman–Crippen MR) is 108 cm³/mol. The third-order valence-corrected chi connectivity index (χ3v) is 4.27. The van der Waals surface area contributed by atoms with Crippen molar-refractivity contribution in [1.29, 1.82) is 0 Å². The number of anilines is 1. The number of methoxy groups -OCH3 is 1. The van der Waals surface area contributed by atoms with Crippen LogP contribution >= 0.6 is 11.6 Å². The van der Waals surface area contributed by atoms with Crippen molar-refractivity contribution in [2.75, 3.05) is 19.1 Å². The fraction of sp³-hybridized carbons (Fsp3) is 0.250. The van der Waals surface area contributed by atoms with Crippen LogP contribution in [0.25, 0.3) is 0 Å². The minimum atomic E-state index is -4.54. The molecule has 0 aliphatic rings. The van der Waals surface area contributed by atoms with Crippen molar-refractivity contribution in [2.45, 2.75) is 19.5 Å². The molecule has 0 fully saturated rings. The van der Waals surface area contributed by atoms with E-state index in [1.165, 1.54) is 13.3 Å². The maximum Gasteiger partial charge on any atom is 0.417 e. The molecular formula is C20H19ClF3N3O3. The number of hydrogen-bond acceptors (Lipinski definition) is 6. The summed E-state index contributed by atoms with van der Waals surface area (Å²) in [5.74, 6) is -0.688. The van der Waals surface area contributed by atoms with Gasteiger partial charge in [0.15, 0.2) is 0 Å². The Morgan fingerprint density at radius 3 is 2.67 bits per heavy atom. The molecule has 30 heavy (non-hydrogen) atoms. The van der Waals surface area contributed by atoms with Crippen LogP contribution in [0.3, 0.4) is 0 Å². The number of rotatable bonds is 7. The van der Waals surface area contributed by atoms with Crippen molar-refractivity contribution in [3.63, 3.8) is 0 Å². The number of oxime groups is 1. The van der Waals surface area contributed by atoms with E-state index in [4.69, 9.17) is 21.2 Å². The van der Waals surface area contributed by atoms with Crippen LogP contribution in [0.1, 0.15) is 18.1 Å². The zero-order valence-corrected chi connectivity index (χ0v) is 17.2. The number of hydrogen-bond donors (Lipinski definition) is 0. The second kappa shape index (κ2) is 10.1. The minimum Gasteiger partial charge on any atom is -0.464 e. The van der Waals surface area contributed by atoms with E-state index in [0.717, 1.165) is 17.3 Å². The number of esters is 1. The number of benzene rings is 1. The van der Waals surface area contributed by atoms with Gasteiger partial charge in [-0.05, 0) is 30.7 Å². The van der Waals surface area contributed by atoms with Gasteiger partial charge in [0.25, 0.3) is 5.88 Å². The van der Waals surface area contributed by atoms with Crippen molar-refractivity contribution in [2.24, 2.45) is 5.16 Å². The Morgan fingerprint density at radius 1 is 1.33 bits per heavy atom. The summed E-state index contributed by atoms with van der Waals surface area (Å²) in [7, 11) is 3.05. The molecule has 1 heterocycles. The molecular weight excluding hydrogens is 423 g/mol. The van der Waals surface area contributed by atoms with Gasteiger partial charge in [-0.25, -0.2) is 9.78 Å². The first-order valence-corrected chi connectivity index (χ1v) is 9.04. The lowest BCUT2D eigenvalue weighted by atomic mass is 10.1. The van der Waals surface area contributed by atoms with Crippen molar-refractivity contribution in [3.8, 4) is 5.88 Å². The van der Waals surface area contributed by atoms with E-state index in [9.17, 15) is 18.0 Å². The fourth-order valence-corrected chi connectivity index (χ4v) is 2.66. The molecule has 0 atom stereocenters. The summed E-state index contributed by atoms with van der Waals surface area (Å²) in [6.07, 6.45) is -0.489. The molecule has 0 aliphatic heterocycles. The number of allylic oxidation sites excluding steroid dienone is 1. The smallest absolute Gasteiger partial charge is 0.417 e. The zero-order valence-electron chi connectivity index (χ0n) is 16.4. The molecule has 0 amide bonds. The highest BCUT2D eigenvalue weighted by Crippen LogP contribution is 2.33. The van der Waals surface area contributed by atoms with Gasteiger partial charge < -0.3 is 14.5 Å². The van der Waals surface area contributed by atoms with Crippen LogP contribution in [0.5, 0.6) is 5.88 Å². The minimum absolute atomic E-state index is 0.231. The number of ether oxygens (including phenoxy) is 1. The molecule has 2 rings (SSSR count). The van der Waals surface area contributed by atoms with E-state index in [-0.39, 0.29) is 10.9 Å². The highest BCUT2D eigenvalue weighted by atomic mass is 35.5. The monoisotopic (exact) mass is 441 g/mol. The molecule has 0 unspecified atom stereocenters. The first kappa shape index (κ1) is 23.2. The fourth-order valence-electron chi connectivity index (χ4n) is 2.46. The van der Waals surface area contributed by atoms with Crippen molar-refractivity contribution < 1.29 is 27.5 Å². The Labute approximate surface area is 176 Å². The van der Waals surface area contributed by atoms with Crippen LogP contribution in [0, 0.1) is 0 Å². The molecule has 0 bridgehead atoms. The summed E-state index contributed by atoms with van der Waals surface area (Å²) in [4.78, 5) is 22.1. The van der Waals surface area contributed by atoms with Crippen LogP contribution in [0.15, 0.2) is 53.5 Å².